The second-order valence-electron chi connectivity index (χ2n) is 4.57. The molecule has 1 aromatic rings. The van der Waals surface area contributed by atoms with Crippen molar-refractivity contribution in [2.75, 3.05) is 31.1 Å². The van der Waals surface area contributed by atoms with Gasteiger partial charge in [-0.25, -0.2) is 0 Å². The molecule has 1 fully saturated rings. The molecule has 1 unspecified atom stereocenters. The molecule has 0 bridgehead atoms. The van der Waals surface area contributed by atoms with Gasteiger partial charge in [0.25, 0.3) is 0 Å². The fraction of sp³-hybridized carbons (Fsp3) is 0.583. The quantitative estimate of drug-likeness (QED) is 0.836. The molecule has 1 aliphatic heterocycles. The summed E-state index contributed by atoms with van der Waals surface area (Å²) in [6, 6.07) is 3.48. The normalized spacial score (nSPS) is 18.7. The molecule has 1 aromatic heterocycles. The number of hydrogen-bond donors (Lipinski definition) is 1. The standard InChI is InChI=1S/C12H18N4O2/c1-9-3-4-11(14-13-9)16-7-5-15(6-8-16)10(2)12(17)18/h3-4,10H,5-8H2,1-2H3,(H,17,18). The molecule has 1 aliphatic rings. The zero-order chi connectivity index (χ0) is 13.1. The molecule has 1 N–H and O–H groups in total. The fourth-order valence-corrected chi connectivity index (χ4v) is 2.06. The molecule has 0 saturated carbocycles. The van der Waals surface area contributed by atoms with E-state index in [1.54, 1.807) is 6.92 Å². The van der Waals surface area contributed by atoms with Gasteiger partial charge in [-0.3, -0.25) is 9.69 Å². The van der Waals surface area contributed by atoms with Crippen molar-refractivity contribution in [2.45, 2.75) is 19.9 Å². The van der Waals surface area contributed by atoms with Crippen LogP contribution < -0.4 is 4.90 Å². The number of aryl methyl sites for hydroxylation is 1. The predicted octanol–water partition coefficient (Wildman–Crippen LogP) is 0.380. The molecule has 0 aliphatic carbocycles. The van der Waals surface area contributed by atoms with E-state index in [1.165, 1.54) is 0 Å². The maximum Gasteiger partial charge on any atom is 0.320 e. The molecule has 1 saturated heterocycles. The van der Waals surface area contributed by atoms with Gasteiger partial charge in [0, 0.05) is 26.2 Å². The van der Waals surface area contributed by atoms with Crippen molar-refractivity contribution in [1.29, 1.82) is 0 Å². The minimum atomic E-state index is -0.765. The molecule has 0 amide bonds. The third-order valence-electron chi connectivity index (χ3n) is 3.33. The summed E-state index contributed by atoms with van der Waals surface area (Å²) in [5.41, 5.74) is 0.900. The van der Waals surface area contributed by atoms with E-state index in [0.717, 1.165) is 37.7 Å². The largest absolute Gasteiger partial charge is 0.480 e. The van der Waals surface area contributed by atoms with Gasteiger partial charge in [0.1, 0.15) is 6.04 Å². The molecule has 0 spiro atoms. The first-order chi connectivity index (χ1) is 8.58. The number of carboxylic acid groups (broad SMARTS) is 1. The lowest BCUT2D eigenvalue weighted by Gasteiger charge is -2.36. The van der Waals surface area contributed by atoms with Crippen LogP contribution in [0.15, 0.2) is 12.1 Å². The molecule has 2 heterocycles. The Hall–Kier alpha value is -1.69. The number of aromatic nitrogens is 2. The Labute approximate surface area is 106 Å². The Morgan fingerprint density at radius 2 is 1.94 bits per heavy atom. The molecule has 0 aromatic carbocycles. The fourth-order valence-electron chi connectivity index (χ4n) is 2.06. The van der Waals surface area contributed by atoms with Gasteiger partial charge in [0.2, 0.25) is 0 Å². The van der Waals surface area contributed by atoms with Crippen LogP contribution in [0.3, 0.4) is 0 Å². The summed E-state index contributed by atoms with van der Waals surface area (Å²) < 4.78 is 0. The third-order valence-corrected chi connectivity index (χ3v) is 3.33. The topological polar surface area (TPSA) is 69.6 Å². The van der Waals surface area contributed by atoms with Crippen molar-refractivity contribution < 1.29 is 9.90 Å². The highest BCUT2D eigenvalue weighted by Gasteiger charge is 2.25. The van der Waals surface area contributed by atoms with Gasteiger partial charge in [-0.05, 0) is 26.0 Å². The maximum absolute atomic E-state index is 10.9. The van der Waals surface area contributed by atoms with Crippen LogP contribution in [0.1, 0.15) is 12.6 Å². The van der Waals surface area contributed by atoms with Gasteiger partial charge in [-0.1, -0.05) is 0 Å². The number of piperazine rings is 1. The van der Waals surface area contributed by atoms with Crippen LogP contribution in [-0.4, -0.2) is 58.4 Å². The van der Waals surface area contributed by atoms with Crippen molar-refractivity contribution in [2.24, 2.45) is 0 Å². The molecular formula is C12H18N4O2. The molecular weight excluding hydrogens is 232 g/mol. The second-order valence-corrected chi connectivity index (χ2v) is 4.57. The van der Waals surface area contributed by atoms with Gasteiger partial charge in [0.05, 0.1) is 5.69 Å². The lowest BCUT2D eigenvalue weighted by molar-refractivity contribution is -0.142. The summed E-state index contributed by atoms with van der Waals surface area (Å²) in [6.07, 6.45) is 0. The molecule has 0 radical (unpaired) electrons. The van der Waals surface area contributed by atoms with Crippen LogP contribution >= 0.6 is 0 Å². The first-order valence-electron chi connectivity index (χ1n) is 6.10. The Kier molecular flexibility index (Phi) is 3.76. The van der Waals surface area contributed by atoms with E-state index in [4.69, 9.17) is 5.11 Å². The van der Waals surface area contributed by atoms with Gasteiger partial charge < -0.3 is 10.0 Å². The van der Waals surface area contributed by atoms with E-state index in [-0.39, 0.29) is 0 Å². The second kappa shape index (κ2) is 5.30. The smallest absolute Gasteiger partial charge is 0.320 e. The summed E-state index contributed by atoms with van der Waals surface area (Å²) in [7, 11) is 0. The molecule has 1 atom stereocenters. The zero-order valence-corrected chi connectivity index (χ0v) is 10.7. The lowest BCUT2D eigenvalue weighted by Crippen LogP contribution is -2.52. The van der Waals surface area contributed by atoms with Crippen LogP contribution in [0.25, 0.3) is 0 Å². The minimum absolute atomic E-state index is 0.420. The van der Waals surface area contributed by atoms with E-state index < -0.39 is 12.0 Å². The van der Waals surface area contributed by atoms with Crippen molar-refractivity contribution in [1.82, 2.24) is 15.1 Å². The van der Waals surface area contributed by atoms with Crippen LogP contribution in [0, 0.1) is 6.92 Å². The highest BCUT2D eigenvalue weighted by atomic mass is 16.4. The SMILES string of the molecule is Cc1ccc(N2CCN(C(C)C(=O)O)CC2)nn1. The van der Waals surface area contributed by atoms with E-state index in [2.05, 4.69) is 15.1 Å². The van der Waals surface area contributed by atoms with Crippen molar-refractivity contribution in [3.63, 3.8) is 0 Å². The highest BCUT2D eigenvalue weighted by molar-refractivity contribution is 5.72. The third kappa shape index (κ3) is 2.76. The Balaban J connectivity index is 1.94. The van der Waals surface area contributed by atoms with Gasteiger partial charge in [0.15, 0.2) is 5.82 Å². The highest BCUT2D eigenvalue weighted by Crippen LogP contribution is 2.14. The number of anilines is 1. The molecule has 6 heteroatoms. The Morgan fingerprint density at radius 3 is 2.44 bits per heavy atom. The number of aliphatic carboxylic acids is 1. The first kappa shape index (κ1) is 12.8. The van der Waals surface area contributed by atoms with E-state index in [0.29, 0.717) is 0 Å². The summed E-state index contributed by atoms with van der Waals surface area (Å²) in [5, 5.41) is 17.2. The number of nitrogens with zero attached hydrogens (tertiary/aromatic N) is 4. The molecule has 18 heavy (non-hydrogen) atoms. The van der Waals surface area contributed by atoms with Gasteiger partial charge in [-0.2, -0.15) is 5.10 Å². The van der Waals surface area contributed by atoms with Crippen molar-refractivity contribution >= 4 is 11.8 Å². The predicted molar refractivity (Wildman–Crippen MR) is 67.7 cm³/mol. The molecule has 2 rings (SSSR count). The minimum Gasteiger partial charge on any atom is -0.480 e. The summed E-state index contributed by atoms with van der Waals surface area (Å²) in [6.45, 7) is 6.68. The average molecular weight is 250 g/mol. The van der Waals surface area contributed by atoms with Crippen molar-refractivity contribution in [3.8, 4) is 0 Å². The van der Waals surface area contributed by atoms with Crippen LogP contribution in [0.5, 0.6) is 0 Å². The van der Waals surface area contributed by atoms with E-state index in [1.807, 2.05) is 24.0 Å². The Morgan fingerprint density at radius 1 is 1.28 bits per heavy atom. The summed E-state index contributed by atoms with van der Waals surface area (Å²) in [5.74, 6) is 0.0989. The van der Waals surface area contributed by atoms with Crippen molar-refractivity contribution in [3.05, 3.63) is 17.8 Å². The summed E-state index contributed by atoms with van der Waals surface area (Å²) >= 11 is 0. The first-order valence-corrected chi connectivity index (χ1v) is 6.10. The number of rotatable bonds is 3. The number of hydrogen-bond acceptors (Lipinski definition) is 5. The van der Waals surface area contributed by atoms with Gasteiger partial charge in [-0.15, -0.1) is 5.10 Å². The lowest BCUT2D eigenvalue weighted by atomic mass is 10.2. The molecule has 98 valence electrons. The Bertz CT molecular complexity index is 413. The zero-order valence-electron chi connectivity index (χ0n) is 10.7. The number of carbonyl (C=O) groups is 1. The average Bonchev–Trinajstić information content (AvgIpc) is 2.39. The van der Waals surface area contributed by atoms with Crippen LogP contribution in [0.4, 0.5) is 5.82 Å². The van der Waals surface area contributed by atoms with Crippen LogP contribution in [0.2, 0.25) is 0 Å². The maximum atomic E-state index is 10.9. The van der Waals surface area contributed by atoms with Crippen LogP contribution in [-0.2, 0) is 4.79 Å². The van der Waals surface area contributed by atoms with E-state index in [9.17, 15) is 4.79 Å². The molecule has 6 nitrogen and oxygen atoms in total. The number of carboxylic acids is 1. The monoisotopic (exact) mass is 250 g/mol. The summed E-state index contributed by atoms with van der Waals surface area (Å²) in [4.78, 5) is 15.0. The van der Waals surface area contributed by atoms with E-state index >= 15 is 0 Å². The van der Waals surface area contributed by atoms with Gasteiger partial charge >= 0.3 is 5.97 Å².